The predicted molar refractivity (Wildman–Crippen MR) is 91.9 cm³/mol. The fourth-order valence-corrected chi connectivity index (χ4v) is 2.08. The molecule has 1 aromatic heterocycles. The summed E-state index contributed by atoms with van der Waals surface area (Å²) >= 11 is 0. The van der Waals surface area contributed by atoms with Crippen LogP contribution in [-0.2, 0) is 4.79 Å². The van der Waals surface area contributed by atoms with Crippen LogP contribution in [0.3, 0.4) is 0 Å². The molecule has 1 unspecified atom stereocenters. The summed E-state index contributed by atoms with van der Waals surface area (Å²) < 4.78 is 0. The van der Waals surface area contributed by atoms with Crippen molar-refractivity contribution >= 4 is 17.5 Å². The number of nitrogens with two attached hydrogens (primary N) is 1. The van der Waals surface area contributed by atoms with Gasteiger partial charge in [0, 0.05) is 30.2 Å². The molecule has 0 bridgehead atoms. The monoisotopic (exact) mass is 314 g/mol. The number of likely N-dealkylation sites (N-methyl/N-ethyl adjacent to an activating group) is 2. The molecule has 1 heterocycles. The van der Waals surface area contributed by atoms with Gasteiger partial charge in [-0.15, -0.1) is 0 Å². The van der Waals surface area contributed by atoms with Gasteiger partial charge in [0.2, 0.25) is 11.9 Å². The van der Waals surface area contributed by atoms with E-state index in [1.165, 1.54) is 0 Å². The van der Waals surface area contributed by atoms with E-state index in [1.54, 1.807) is 19.4 Å². The molecule has 0 aliphatic rings. The molecule has 0 aliphatic heterocycles. The number of anilines is 2. The van der Waals surface area contributed by atoms with Crippen molar-refractivity contribution in [3.8, 4) is 11.1 Å². The lowest BCUT2D eigenvalue weighted by molar-refractivity contribution is -0.117. The fraction of sp³-hybridized carbons (Fsp3) is 0.312. The standard InChI is InChI=1S/C16H22N6O/c1-3-19-10-14(18-2)15(23)22-13-6-4-11(5-7-13)12-8-20-16(17)21-9-12/h4-9,14,18-19H,3,10H2,1-2H3,(H,22,23)(H2,17,20,21). The van der Waals surface area contributed by atoms with Gasteiger partial charge in [0.15, 0.2) is 0 Å². The highest BCUT2D eigenvalue weighted by Gasteiger charge is 2.15. The van der Waals surface area contributed by atoms with Crippen LogP contribution in [0, 0.1) is 0 Å². The first-order chi connectivity index (χ1) is 11.1. The number of nitrogens with one attached hydrogen (secondary N) is 3. The molecule has 1 atom stereocenters. The van der Waals surface area contributed by atoms with Crippen LogP contribution in [-0.4, -0.2) is 42.1 Å². The van der Waals surface area contributed by atoms with Gasteiger partial charge in [-0.1, -0.05) is 19.1 Å². The van der Waals surface area contributed by atoms with Gasteiger partial charge in [-0.2, -0.15) is 0 Å². The van der Waals surface area contributed by atoms with E-state index >= 15 is 0 Å². The molecule has 0 fully saturated rings. The third-order valence-corrected chi connectivity index (χ3v) is 3.42. The Morgan fingerprint density at radius 2 is 1.83 bits per heavy atom. The van der Waals surface area contributed by atoms with Crippen LogP contribution in [0.2, 0.25) is 0 Å². The molecule has 0 spiro atoms. The second kappa shape index (κ2) is 8.21. The third-order valence-electron chi connectivity index (χ3n) is 3.42. The molecule has 1 amide bonds. The maximum atomic E-state index is 12.2. The van der Waals surface area contributed by atoms with Gasteiger partial charge in [-0.25, -0.2) is 9.97 Å². The summed E-state index contributed by atoms with van der Waals surface area (Å²) in [6.07, 6.45) is 3.34. The quantitative estimate of drug-likeness (QED) is 0.604. The minimum Gasteiger partial charge on any atom is -0.368 e. The molecule has 0 saturated heterocycles. The molecular weight excluding hydrogens is 292 g/mol. The molecule has 0 radical (unpaired) electrons. The van der Waals surface area contributed by atoms with Crippen molar-refractivity contribution in [3.63, 3.8) is 0 Å². The van der Waals surface area contributed by atoms with E-state index in [-0.39, 0.29) is 17.9 Å². The summed E-state index contributed by atoms with van der Waals surface area (Å²) in [6.45, 7) is 3.41. The largest absolute Gasteiger partial charge is 0.368 e. The van der Waals surface area contributed by atoms with E-state index < -0.39 is 0 Å². The van der Waals surface area contributed by atoms with Crippen molar-refractivity contribution in [2.24, 2.45) is 0 Å². The van der Waals surface area contributed by atoms with Gasteiger partial charge in [0.05, 0.1) is 6.04 Å². The lowest BCUT2D eigenvalue weighted by atomic mass is 10.1. The zero-order valence-corrected chi connectivity index (χ0v) is 13.3. The normalized spacial score (nSPS) is 11.9. The van der Waals surface area contributed by atoms with Crippen LogP contribution in [0.4, 0.5) is 11.6 Å². The van der Waals surface area contributed by atoms with Crippen molar-refractivity contribution in [2.45, 2.75) is 13.0 Å². The molecule has 23 heavy (non-hydrogen) atoms. The van der Waals surface area contributed by atoms with Crippen molar-refractivity contribution in [2.75, 3.05) is 31.2 Å². The second-order valence-electron chi connectivity index (χ2n) is 5.05. The summed E-state index contributed by atoms with van der Waals surface area (Å²) in [6, 6.07) is 7.24. The van der Waals surface area contributed by atoms with E-state index in [0.29, 0.717) is 6.54 Å². The first kappa shape index (κ1) is 16.9. The number of hydrogen-bond donors (Lipinski definition) is 4. The van der Waals surface area contributed by atoms with Crippen molar-refractivity contribution in [1.82, 2.24) is 20.6 Å². The Labute approximate surface area is 135 Å². The minimum absolute atomic E-state index is 0.0722. The molecule has 0 saturated carbocycles. The first-order valence-corrected chi connectivity index (χ1v) is 7.50. The fourth-order valence-electron chi connectivity index (χ4n) is 2.08. The molecular formula is C16H22N6O. The molecule has 122 valence electrons. The molecule has 0 aliphatic carbocycles. The predicted octanol–water partition coefficient (Wildman–Crippen LogP) is 0.862. The smallest absolute Gasteiger partial charge is 0.242 e. The Morgan fingerprint density at radius 3 is 2.39 bits per heavy atom. The SMILES string of the molecule is CCNCC(NC)C(=O)Nc1ccc(-c2cnc(N)nc2)cc1. The second-order valence-corrected chi connectivity index (χ2v) is 5.05. The Balaban J connectivity index is 2.01. The topological polar surface area (TPSA) is 105 Å². The lowest BCUT2D eigenvalue weighted by Crippen LogP contribution is -2.45. The lowest BCUT2D eigenvalue weighted by Gasteiger charge is -2.16. The Morgan fingerprint density at radius 1 is 1.17 bits per heavy atom. The van der Waals surface area contributed by atoms with Gasteiger partial charge in [0.25, 0.3) is 0 Å². The maximum absolute atomic E-state index is 12.2. The minimum atomic E-state index is -0.278. The van der Waals surface area contributed by atoms with Crippen LogP contribution in [0.15, 0.2) is 36.7 Å². The van der Waals surface area contributed by atoms with E-state index in [4.69, 9.17) is 5.73 Å². The number of benzene rings is 1. The van der Waals surface area contributed by atoms with Crippen molar-refractivity contribution in [1.29, 1.82) is 0 Å². The summed E-state index contributed by atoms with van der Waals surface area (Å²) in [5, 5.41) is 9.05. The van der Waals surface area contributed by atoms with Crippen molar-refractivity contribution in [3.05, 3.63) is 36.7 Å². The number of aromatic nitrogens is 2. The molecule has 2 aromatic rings. The van der Waals surface area contributed by atoms with Crippen molar-refractivity contribution < 1.29 is 4.79 Å². The summed E-state index contributed by atoms with van der Waals surface area (Å²) in [5.41, 5.74) is 8.05. The van der Waals surface area contributed by atoms with Crippen LogP contribution >= 0.6 is 0 Å². The number of carbonyl (C=O) groups excluding carboxylic acids is 1. The van der Waals surface area contributed by atoms with Gasteiger partial charge in [-0.3, -0.25) is 4.79 Å². The Kier molecular flexibility index (Phi) is 6.02. The summed E-state index contributed by atoms with van der Waals surface area (Å²) in [4.78, 5) is 20.1. The van der Waals surface area contributed by atoms with E-state index in [2.05, 4.69) is 25.9 Å². The molecule has 7 heteroatoms. The van der Waals surface area contributed by atoms with Gasteiger partial charge >= 0.3 is 0 Å². The zero-order chi connectivity index (χ0) is 16.7. The Bertz CT molecular complexity index is 626. The van der Waals surface area contributed by atoms with E-state index in [0.717, 1.165) is 23.4 Å². The van der Waals surface area contributed by atoms with Crippen LogP contribution in [0.1, 0.15) is 6.92 Å². The molecule has 7 nitrogen and oxygen atoms in total. The van der Waals surface area contributed by atoms with Crippen LogP contribution in [0.5, 0.6) is 0 Å². The summed E-state index contributed by atoms with van der Waals surface area (Å²) in [7, 11) is 1.77. The highest BCUT2D eigenvalue weighted by molar-refractivity contribution is 5.95. The highest BCUT2D eigenvalue weighted by atomic mass is 16.2. The average molecular weight is 314 g/mol. The number of amides is 1. The van der Waals surface area contributed by atoms with E-state index in [1.807, 2.05) is 31.2 Å². The van der Waals surface area contributed by atoms with Gasteiger partial charge < -0.3 is 21.7 Å². The van der Waals surface area contributed by atoms with Gasteiger partial charge in [0.1, 0.15) is 0 Å². The number of nitrogen functional groups attached to an aromatic ring is 1. The average Bonchev–Trinajstić information content (AvgIpc) is 2.57. The number of rotatable bonds is 7. The van der Waals surface area contributed by atoms with Crippen LogP contribution in [0.25, 0.3) is 11.1 Å². The Hall–Kier alpha value is -2.51. The summed E-state index contributed by atoms with van der Waals surface area (Å²) in [5.74, 6) is 0.174. The zero-order valence-electron chi connectivity index (χ0n) is 13.3. The number of carbonyl (C=O) groups is 1. The number of hydrogen-bond acceptors (Lipinski definition) is 6. The molecule has 1 aromatic carbocycles. The first-order valence-electron chi connectivity index (χ1n) is 7.50. The molecule has 2 rings (SSSR count). The third kappa shape index (κ3) is 4.73. The van der Waals surface area contributed by atoms with E-state index in [9.17, 15) is 4.79 Å². The van der Waals surface area contributed by atoms with Crippen LogP contribution < -0.4 is 21.7 Å². The highest BCUT2D eigenvalue weighted by Crippen LogP contribution is 2.20. The maximum Gasteiger partial charge on any atom is 0.242 e. The molecule has 5 N–H and O–H groups in total. The number of nitrogens with zero attached hydrogens (tertiary/aromatic N) is 2. The van der Waals surface area contributed by atoms with Gasteiger partial charge in [-0.05, 0) is 31.3 Å².